The van der Waals surface area contributed by atoms with Gasteiger partial charge in [0.2, 0.25) is 11.5 Å². The maximum Gasteiger partial charge on any atom is 0.411 e. The number of H-pyrrole nitrogens is 1. The second-order valence-electron chi connectivity index (χ2n) is 17.4. The van der Waals surface area contributed by atoms with Gasteiger partial charge in [0.1, 0.15) is 23.4 Å². The second-order valence-corrected chi connectivity index (χ2v) is 17.4. The number of aliphatic hydroxyl groups excluding tert-OH is 1. The molecule has 66 heavy (non-hydrogen) atoms. The van der Waals surface area contributed by atoms with E-state index in [1.807, 2.05) is 97.1 Å². The van der Waals surface area contributed by atoms with Crippen molar-refractivity contribution in [3.05, 3.63) is 154 Å². The standard InChI is InChI=1S/C54H60N4O8/c1-36(13-23-48(60)45-21-24-49(61)53-46(45)22-26-51(62)56-53)33-38-17-25-50(65-3)40(34-38)35-42(59)20-16-37-14-18-41(19-15-37)57(2)52(63)29-32-58-30-27-43(28-31-58)66-54(64)55-47-12-8-7-11-44(47)39-9-5-4-6-10-39/h4-12,14-15,17-19,21-22,24-26,34,36,43,48,60-61H,13,16,20,23,27-33,35H2,1-3H3,(H,55,64)(H,56,62). The number of hydrogen-bond donors (Lipinski definition) is 4. The summed E-state index contributed by atoms with van der Waals surface area (Å²) < 4.78 is 11.4. The maximum atomic E-state index is 13.3. The number of hydrogen-bond acceptors (Lipinski definition) is 9. The van der Waals surface area contributed by atoms with Gasteiger partial charge in [-0.15, -0.1) is 0 Å². The number of nitrogens with one attached hydrogen (secondary N) is 2. The minimum Gasteiger partial charge on any atom is -0.506 e. The van der Waals surface area contributed by atoms with Crippen molar-refractivity contribution >= 4 is 40.1 Å². The van der Waals surface area contributed by atoms with Crippen molar-refractivity contribution in [1.29, 1.82) is 0 Å². The van der Waals surface area contributed by atoms with E-state index in [4.69, 9.17) is 9.47 Å². The number of phenols is 1. The number of methoxy groups -OCH3 is 1. The number of ketones is 1. The number of benzene rings is 5. The molecule has 12 heteroatoms. The first-order valence-electron chi connectivity index (χ1n) is 22.8. The van der Waals surface area contributed by atoms with Crippen LogP contribution in [0.3, 0.4) is 0 Å². The number of piperidine rings is 1. The first-order valence-corrected chi connectivity index (χ1v) is 22.8. The fourth-order valence-electron chi connectivity index (χ4n) is 8.79. The van der Waals surface area contributed by atoms with E-state index in [-0.39, 0.29) is 41.4 Å². The highest BCUT2D eigenvalue weighted by atomic mass is 16.6. The number of para-hydroxylation sites is 1. The number of aromatic hydroxyl groups is 1. The third kappa shape index (κ3) is 12.5. The van der Waals surface area contributed by atoms with Crippen LogP contribution in [-0.4, -0.2) is 77.8 Å². The van der Waals surface area contributed by atoms with Crippen LogP contribution in [0.15, 0.2) is 126 Å². The number of carbonyl (C=O) groups excluding carboxylic acids is 3. The van der Waals surface area contributed by atoms with E-state index in [0.717, 1.165) is 59.4 Å². The van der Waals surface area contributed by atoms with Crippen molar-refractivity contribution in [1.82, 2.24) is 9.88 Å². The summed E-state index contributed by atoms with van der Waals surface area (Å²) in [6, 6.07) is 37.5. The van der Waals surface area contributed by atoms with Crippen molar-refractivity contribution in [2.24, 2.45) is 5.92 Å². The number of fused-ring (bicyclic) bond motifs is 1. The molecule has 12 nitrogen and oxygen atoms in total. The minimum absolute atomic E-state index is 0.0123. The molecule has 0 saturated carbocycles. The Labute approximate surface area is 386 Å². The van der Waals surface area contributed by atoms with Crippen LogP contribution in [0.25, 0.3) is 22.0 Å². The van der Waals surface area contributed by atoms with Gasteiger partial charge in [0.15, 0.2) is 0 Å². The van der Waals surface area contributed by atoms with Crippen LogP contribution in [0.2, 0.25) is 0 Å². The number of anilines is 2. The van der Waals surface area contributed by atoms with Gasteiger partial charge in [0, 0.05) is 74.2 Å². The third-order valence-corrected chi connectivity index (χ3v) is 12.6. The number of carbonyl (C=O) groups is 3. The number of aliphatic hydroxyl groups is 1. The Kier molecular flexibility index (Phi) is 16.0. The molecule has 0 spiro atoms. The zero-order valence-electron chi connectivity index (χ0n) is 38.0. The lowest BCUT2D eigenvalue weighted by Gasteiger charge is -2.31. The van der Waals surface area contributed by atoms with Crippen LogP contribution in [0.1, 0.15) is 73.8 Å². The average molecular weight is 893 g/mol. The molecule has 344 valence electrons. The molecule has 0 aliphatic carbocycles. The van der Waals surface area contributed by atoms with E-state index in [9.17, 15) is 29.4 Å². The lowest BCUT2D eigenvalue weighted by molar-refractivity contribution is -0.119. The first kappa shape index (κ1) is 47.2. The van der Waals surface area contributed by atoms with Gasteiger partial charge in [-0.3, -0.25) is 19.7 Å². The molecule has 1 fully saturated rings. The van der Waals surface area contributed by atoms with Gasteiger partial charge in [0.05, 0.1) is 24.4 Å². The normalized spacial score (nSPS) is 14.1. The Morgan fingerprint density at radius 2 is 1.59 bits per heavy atom. The number of aryl methyl sites for hydroxylation is 1. The number of likely N-dealkylation sites (tertiary alicyclic amines) is 1. The number of amides is 2. The van der Waals surface area contributed by atoms with Gasteiger partial charge >= 0.3 is 6.09 Å². The quantitative estimate of drug-likeness (QED) is 0.0621. The zero-order valence-corrected chi connectivity index (χ0v) is 38.0. The predicted molar refractivity (Wildman–Crippen MR) is 259 cm³/mol. The summed E-state index contributed by atoms with van der Waals surface area (Å²) in [5, 5.41) is 24.8. The Morgan fingerprint density at radius 1 is 0.864 bits per heavy atom. The van der Waals surface area contributed by atoms with Gasteiger partial charge in [-0.05, 0) is 103 Å². The smallest absolute Gasteiger partial charge is 0.411 e. The molecule has 1 saturated heterocycles. The van der Waals surface area contributed by atoms with Crippen molar-refractivity contribution in [3.8, 4) is 22.6 Å². The molecule has 2 amide bonds. The molecular weight excluding hydrogens is 833 g/mol. The fraction of sp³-hybridized carbons (Fsp3) is 0.333. The highest BCUT2D eigenvalue weighted by molar-refractivity contribution is 5.93. The summed E-state index contributed by atoms with van der Waals surface area (Å²) in [7, 11) is 3.39. The number of rotatable bonds is 19. The molecule has 0 radical (unpaired) electrons. The van der Waals surface area contributed by atoms with Crippen LogP contribution in [-0.2, 0) is 33.6 Å². The Hall–Kier alpha value is -6.76. The van der Waals surface area contributed by atoms with E-state index >= 15 is 0 Å². The van der Waals surface area contributed by atoms with Gasteiger partial charge in [-0.1, -0.05) is 85.8 Å². The molecule has 0 bridgehead atoms. The molecule has 2 unspecified atom stereocenters. The summed E-state index contributed by atoms with van der Waals surface area (Å²) in [4.78, 5) is 57.7. The number of Topliss-reactive ketones (excluding diaryl/α,β-unsaturated/α-hetero) is 1. The summed E-state index contributed by atoms with van der Waals surface area (Å²) >= 11 is 0. The lowest BCUT2D eigenvalue weighted by Crippen LogP contribution is -2.40. The summed E-state index contributed by atoms with van der Waals surface area (Å²) in [6.45, 7) is 4.23. The second kappa shape index (κ2) is 22.4. The van der Waals surface area contributed by atoms with Crippen LogP contribution in [0.5, 0.6) is 11.5 Å². The van der Waals surface area contributed by atoms with Crippen molar-refractivity contribution in [3.63, 3.8) is 0 Å². The molecule has 1 aliphatic rings. The largest absolute Gasteiger partial charge is 0.506 e. The molecule has 1 aliphatic heterocycles. The SMILES string of the molecule is COc1ccc(CC(C)CCC(O)c2ccc(O)c3[nH]c(=O)ccc23)cc1CC(=O)CCc1ccc(N(C)C(=O)CCN2CCC(OC(=O)Nc3ccccc3-c3ccccc3)CC2)cc1. The third-order valence-electron chi connectivity index (χ3n) is 12.6. The fourth-order valence-corrected chi connectivity index (χ4v) is 8.79. The number of phenolic OH excluding ortho intramolecular Hbond substituents is 1. The molecule has 2 heterocycles. The molecule has 1 aromatic heterocycles. The molecule has 5 aromatic carbocycles. The monoisotopic (exact) mass is 892 g/mol. The van der Waals surface area contributed by atoms with Gasteiger partial charge in [-0.25, -0.2) is 4.79 Å². The van der Waals surface area contributed by atoms with Crippen LogP contribution in [0, 0.1) is 5.92 Å². The molecule has 4 N–H and O–H groups in total. The average Bonchev–Trinajstić information content (AvgIpc) is 3.33. The molecular formula is C54H60N4O8. The molecule has 7 rings (SSSR count). The van der Waals surface area contributed by atoms with E-state index in [0.29, 0.717) is 73.0 Å². The van der Waals surface area contributed by atoms with Gasteiger partial charge < -0.3 is 34.5 Å². The first-order chi connectivity index (χ1) is 31.9. The van der Waals surface area contributed by atoms with Gasteiger partial charge in [0.25, 0.3) is 0 Å². The summed E-state index contributed by atoms with van der Waals surface area (Å²) in [5.41, 5.74) is 7.03. The van der Waals surface area contributed by atoms with Crippen molar-refractivity contribution in [2.75, 3.05) is 44.0 Å². The number of aromatic amines is 1. The highest BCUT2D eigenvalue weighted by Crippen LogP contribution is 2.33. The number of aromatic nitrogens is 1. The zero-order chi connectivity index (χ0) is 46.6. The van der Waals surface area contributed by atoms with Crippen LogP contribution in [0.4, 0.5) is 16.2 Å². The predicted octanol–water partition coefficient (Wildman–Crippen LogP) is 9.41. The molecule has 2 atom stereocenters. The Bertz CT molecular complexity index is 2660. The maximum absolute atomic E-state index is 13.3. The van der Waals surface area contributed by atoms with Crippen LogP contribution >= 0.6 is 0 Å². The molecule has 6 aromatic rings. The van der Waals surface area contributed by atoms with E-state index in [2.05, 4.69) is 22.1 Å². The minimum atomic E-state index is -0.766. The summed E-state index contributed by atoms with van der Waals surface area (Å²) in [6.07, 6.45) is 3.53. The number of ether oxygens (including phenoxy) is 2. The van der Waals surface area contributed by atoms with E-state index < -0.39 is 12.2 Å². The Balaban J connectivity index is 0.814. The lowest BCUT2D eigenvalue weighted by atomic mass is 9.91. The summed E-state index contributed by atoms with van der Waals surface area (Å²) in [5.74, 6) is 0.981. The van der Waals surface area contributed by atoms with E-state index in [1.54, 1.807) is 31.2 Å². The van der Waals surface area contributed by atoms with Crippen molar-refractivity contribution < 1.29 is 34.1 Å². The Morgan fingerprint density at radius 3 is 2.35 bits per heavy atom. The highest BCUT2D eigenvalue weighted by Gasteiger charge is 2.24. The number of nitrogens with zero attached hydrogens (tertiary/aromatic N) is 2. The number of pyridine rings is 1. The van der Waals surface area contributed by atoms with Gasteiger partial charge in [-0.2, -0.15) is 0 Å². The van der Waals surface area contributed by atoms with E-state index in [1.165, 1.54) is 12.1 Å². The topological polar surface area (TPSA) is 161 Å². The van der Waals surface area contributed by atoms with Crippen LogP contribution < -0.4 is 20.5 Å². The van der Waals surface area contributed by atoms with Crippen molar-refractivity contribution in [2.45, 2.75) is 76.9 Å².